The van der Waals surface area contributed by atoms with Crippen molar-refractivity contribution in [2.45, 2.75) is 30.5 Å². The van der Waals surface area contributed by atoms with Crippen molar-refractivity contribution in [3.8, 4) is 11.6 Å². The fourth-order valence-corrected chi connectivity index (χ4v) is 6.56. The number of carbonyl (C=O) groups is 2. The van der Waals surface area contributed by atoms with Gasteiger partial charge in [0.1, 0.15) is 11.3 Å². The molecule has 3 atom stereocenters. The number of ketones is 1. The maximum Gasteiger partial charge on any atom is 0.262 e. The standard InChI is InChI=1S/C28H28N6O3S/c29-19-10-9-18-21-22(25(38-24(19)21)27(36)34-16-5-4-12-32-14-16)23(30)26(35)28(18,31)15-8-11-20(33-13-15)37-17-6-2-1-3-7-17/h1-3,6-11,13,16,23,32H,4-5,12,14,29-31H2,(H,34,36). The first-order chi connectivity index (χ1) is 18.4. The fraction of sp³-hybridized carbons (Fsp3) is 0.250. The molecular weight excluding hydrogens is 500 g/mol. The molecule has 4 aromatic rings. The molecule has 10 heteroatoms. The average molecular weight is 529 g/mol. The molecule has 194 valence electrons. The van der Waals surface area contributed by atoms with Crippen LogP contribution in [0.4, 0.5) is 5.69 Å². The summed E-state index contributed by atoms with van der Waals surface area (Å²) in [5, 5.41) is 7.06. The number of ether oxygens (including phenoxy) is 1. The number of nitrogens with two attached hydrogens (primary N) is 3. The summed E-state index contributed by atoms with van der Waals surface area (Å²) in [4.78, 5) is 32.1. The van der Waals surface area contributed by atoms with Gasteiger partial charge in [-0.15, -0.1) is 11.3 Å². The minimum Gasteiger partial charge on any atom is -0.439 e. The molecule has 2 aromatic heterocycles. The SMILES string of the molecule is Nc1ccc2c3c(c(C(=O)NC4CCCNC4)sc13)C(N)C(=O)C2(N)c1ccc(Oc2ccccc2)nc1. The molecule has 0 saturated carbocycles. The lowest BCUT2D eigenvalue weighted by Gasteiger charge is -2.36. The number of thiophene rings is 1. The number of carbonyl (C=O) groups excluding carboxylic acids is 2. The number of amides is 1. The molecule has 0 bridgehead atoms. The van der Waals surface area contributed by atoms with Gasteiger partial charge in [0.15, 0.2) is 5.78 Å². The Bertz CT molecular complexity index is 1530. The Morgan fingerprint density at radius 2 is 1.97 bits per heavy atom. The molecule has 2 aromatic carbocycles. The van der Waals surface area contributed by atoms with E-state index in [1.54, 1.807) is 24.3 Å². The van der Waals surface area contributed by atoms with E-state index in [2.05, 4.69) is 15.6 Å². The third-order valence-electron chi connectivity index (χ3n) is 7.31. The number of anilines is 1. The summed E-state index contributed by atoms with van der Waals surface area (Å²) >= 11 is 1.25. The normalized spacial score (nSPS) is 22.8. The minimum absolute atomic E-state index is 0.0114. The molecule has 1 amide bonds. The van der Waals surface area contributed by atoms with Crippen LogP contribution in [0.3, 0.4) is 0 Å². The summed E-state index contributed by atoms with van der Waals surface area (Å²) in [7, 11) is 0. The predicted octanol–water partition coefficient (Wildman–Crippen LogP) is 2.94. The van der Waals surface area contributed by atoms with Gasteiger partial charge in [-0.1, -0.05) is 24.3 Å². The largest absolute Gasteiger partial charge is 0.439 e. The predicted molar refractivity (Wildman–Crippen MR) is 147 cm³/mol. The summed E-state index contributed by atoms with van der Waals surface area (Å²) in [6, 6.07) is 15.0. The van der Waals surface area contributed by atoms with Crippen LogP contribution in [0.25, 0.3) is 10.1 Å². The number of nitrogens with one attached hydrogen (secondary N) is 2. The second-order valence-corrected chi connectivity index (χ2v) is 10.7. The van der Waals surface area contributed by atoms with E-state index in [1.165, 1.54) is 17.5 Å². The Morgan fingerprint density at radius 1 is 1.16 bits per heavy atom. The molecule has 38 heavy (non-hydrogen) atoms. The lowest BCUT2D eigenvalue weighted by molar-refractivity contribution is -0.124. The molecule has 0 spiro atoms. The fourth-order valence-electron chi connectivity index (χ4n) is 5.36. The van der Waals surface area contributed by atoms with Crippen LogP contribution in [0.15, 0.2) is 60.8 Å². The number of aromatic nitrogens is 1. The van der Waals surface area contributed by atoms with Crippen molar-refractivity contribution < 1.29 is 14.3 Å². The van der Waals surface area contributed by atoms with E-state index in [0.29, 0.717) is 55.5 Å². The third kappa shape index (κ3) is 3.93. The quantitative estimate of drug-likeness (QED) is 0.247. The van der Waals surface area contributed by atoms with E-state index < -0.39 is 17.4 Å². The number of benzene rings is 2. The second kappa shape index (κ2) is 9.48. The topological polar surface area (TPSA) is 158 Å². The van der Waals surface area contributed by atoms with E-state index in [4.69, 9.17) is 21.9 Å². The van der Waals surface area contributed by atoms with Gasteiger partial charge in [0.05, 0.1) is 15.6 Å². The van der Waals surface area contributed by atoms with Gasteiger partial charge in [-0.25, -0.2) is 4.98 Å². The number of Topliss-reactive ketones (excluding diaryl/α,β-unsaturated/α-hetero) is 1. The summed E-state index contributed by atoms with van der Waals surface area (Å²) in [5.74, 6) is 0.341. The molecule has 8 N–H and O–H groups in total. The van der Waals surface area contributed by atoms with Crippen LogP contribution in [-0.2, 0) is 10.3 Å². The number of nitrogen functional groups attached to an aromatic ring is 1. The van der Waals surface area contributed by atoms with Crippen molar-refractivity contribution in [3.05, 3.63) is 82.4 Å². The van der Waals surface area contributed by atoms with Gasteiger partial charge in [0.25, 0.3) is 5.91 Å². The van der Waals surface area contributed by atoms with Crippen LogP contribution in [0.2, 0.25) is 0 Å². The van der Waals surface area contributed by atoms with Crippen molar-refractivity contribution in [1.29, 1.82) is 0 Å². The highest BCUT2D eigenvalue weighted by Crippen LogP contribution is 2.49. The van der Waals surface area contributed by atoms with E-state index in [-0.39, 0.29) is 11.9 Å². The molecule has 3 unspecified atom stereocenters. The van der Waals surface area contributed by atoms with Gasteiger partial charge in [0, 0.05) is 47.1 Å². The number of rotatable bonds is 5. The molecule has 1 saturated heterocycles. The smallest absolute Gasteiger partial charge is 0.262 e. The van der Waals surface area contributed by atoms with Crippen molar-refractivity contribution in [2.24, 2.45) is 11.5 Å². The van der Waals surface area contributed by atoms with Gasteiger partial charge in [-0.3, -0.25) is 9.59 Å². The van der Waals surface area contributed by atoms with Crippen LogP contribution in [0.5, 0.6) is 11.6 Å². The van der Waals surface area contributed by atoms with Crippen molar-refractivity contribution in [1.82, 2.24) is 15.6 Å². The van der Waals surface area contributed by atoms with Gasteiger partial charge >= 0.3 is 0 Å². The van der Waals surface area contributed by atoms with Crippen LogP contribution < -0.4 is 32.6 Å². The van der Waals surface area contributed by atoms with Gasteiger partial charge in [0.2, 0.25) is 5.88 Å². The van der Waals surface area contributed by atoms with E-state index in [9.17, 15) is 9.59 Å². The Morgan fingerprint density at radius 3 is 2.68 bits per heavy atom. The van der Waals surface area contributed by atoms with Gasteiger partial charge in [-0.2, -0.15) is 0 Å². The second-order valence-electron chi connectivity index (χ2n) is 9.72. The lowest BCUT2D eigenvalue weighted by Crippen LogP contribution is -2.52. The number of hydrogen-bond donors (Lipinski definition) is 5. The number of para-hydroxylation sites is 1. The van der Waals surface area contributed by atoms with E-state index in [1.807, 2.05) is 30.3 Å². The molecule has 9 nitrogen and oxygen atoms in total. The van der Waals surface area contributed by atoms with Crippen LogP contribution in [-0.4, -0.2) is 35.8 Å². The molecule has 1 fully saturated rings. The highest BCUT2D eigenvalue weighted by Gasteiger charge is 2.49. The van der Waals surface area contributed by atoms with Crippen LogP contribution >= 0.6 is 11.3 Å². The molecule has 6 rings (SSSR count). The summed E-state index contributed by atoms with van der Waals surface area (Å²) < 4.78 is 6.49. The van der Waals surface area contributed by atoms with Gasteiger partial charge < -0.3 is 32.6 Å². The van der Waals surface area contributed by atoms with E-state index in [0.717, 1.165) is 19.4 Å². The van der Waals surface area contributed by atoms with Crippen LogP contribution in [0.1, 0.15) is 45.2 Å². The number of hydrogen-bond acceptors (Lipinski definition) is 9. The van der Waals surface area contributed by atoms with E-state index >= 15 is 0 Å². The van der Waals surface area contributed by atoms with Crippen LogP contribution in [0, 0.1) is 0 Å². The Kier molecular flexibility index (Phi) is 6.11. The van der Waals surface area contributed by atoms with Crippen molar-refractivity contribution in [3.63, 3.8) is 0 Å². The summed E-state index contributed by atoms with van der Waals surface area (Å²) in [6.45, 7) is 1.64. The summed E-state index contributed by atoms with van der Waals surface area (Å²) in [6.07, 6.45) is 3.41. The highest BCUT2D eigenvalue weighted by atomic mass is 32.1. The minimum atomic E-state index is -1.57. The molecule has 0 radical (unpaired) electrons. The zero-order chi connectivity index (χ0) is 26.4. The zero-order valence-electron chi connectivity index (χ0n) is 20.6. The monoisotopic (exact) mass is 528 g/mol. The maximum atomic E-state index is 13.9. The Labute approximate surface area is 223 Å². The number of nitrogens with zero attached hydrogens (tertiary/aromatic N) is 1. The van der Waals surface area contributed by atoms with Crippen molar-refractivity contribution in [2.75, 3.05) is 18.8 Å². The average Bonchev–Trinajstić information content (AvgIpc) is 3.35. The first kappa shape index (κ1) is 24.5. The maximum absolute atomic E-state index is 13.9. The summed E-state index contributed by atoms with van der Waals surface area (Å²) in [5.41, 5.74) is 20.3. The highest BCUT2D eigenvalue weighted by molar-refractivity contribution is 7.21. The van der Waals surface area contributed by atoms with Gasteiger partial charge in [-0.05, 0) is 49.2 Å². The Hall–Kier alpha value is -3.83. The zero-order valence-corrected chi connectivity index (χ0v) is 21.4. The molecule has 1 aliphatic heterocycles. The number of pyridine rings is 1. The molecule has 2 aliphatic rings. The molecular formula is C28H28N6O3S. The molecule has 1 aliphatic carbocycles. The molecule has 3 heterocycles. The van der Waals surface area contributed by atoms with Crippen molar-refractivity contribution >= 4 is 38.8 Å². The third-order valence-corrected chi connectivity index (χ3v) is 8.56. The lowest BCUT2D eigenvalue weighted by atomic mass is 9.71. The number of piperidine rings is 1. The Balaban J connectivity index is 1.41. The first-order valence-corrected chi connectivity index (χ1v) is 13.3. The first-order valence-electron chi connectivity index (χ1n) is 12.5.